The van der Waals surface area contributed by atoms with E-state index in [9.17, 15) is 19.5 Å². The van der Waals surface area contributed by atoms with Gasteiger partial charge in [-0.25, -0.2) is 14.4 Å². The SMILES string of the molecule is CCOC(=O)C1=C(COC(=O)c2ccc(C)c(O)c2)NC(=O)NC1c1ccccc1. The average Bonchev–Trinajstić information content (AvgIpc) is 2.74. The smallest absolute Gasteiger partial charge is 0.338 e. The van der Waals surface area contributed by atoms with E-state index < -0.39 is 24.0 Å². The molecule has 1 atom stereocenters. The number of carbonyl (C=O) groups excluding carboxylic acids is 3. The molecule has 8 nitrogen and oxygen atoms in total. The summed E-state index contributed by atoms with van der Waals surface area (Å²) in [5.74, 6) is -1.36. The van der Waals surface area contributed by atoms with E-state index in [2.05, 4.69) is 10.6 Å². The molecular weight excluding hydrogens is 388 g/mol. The Bertz CT molecular complexity index is 1000. The summed E-state index contributed by atoms with van der Waals surface area (Å²) in [6.07, 6.45) is 0. The molecule has 1 aliphatic heterocycles. The van der Waals surface area contributed by atoms with Gasteiger partial charge in [-0.1, -0.05) is 36.4 Å². The summed E-state index contributed by atoms with van der Waals surface area (Å²) in [7, 11) is 0. The van der Waals surface area contributed by atoms with Crippen LogP contribution < -0.4 is 10.6 Å². The van der Waals surface area contributed by atoms with Gasteiger partial charge in [0, 0.05) is 0 Å². The third kappa shape index (κ3) is 4.60. The van der Waals surface area contributed by atoms with E-state index in [-0.39, 0.29) is 35.8 Å². The first-order chi connectivity index (χ1) is 14.4. The summed E-state index contributed by atoms with van der Waals surface area (Å²) in [6.45, 7) is 3.18. The lowest BCUT2D eigenvalue weighted by Crippen LogP contribution is -2.47. The number of nitrogens with one attached hydrogen (secondary N) is 2. The Morgan fingerprint density at radius 1 is 1.07 bits per heavy atom. The molecule has 0 saturated carbocycles. The molecule has 30 heavy (non-hydrogen) atoms. The van der Waals surface area contributed by atoms with E-state index in [1.165, 1.54) is 12.1 Å². The molecule has 0 fully saturated rings. The van der Waals surface area contributed by atoms with Gasteiger partial charge in [-0.05, 0) is 37.1 Å². The first kappa shape index (κ1) is 20.9. The molecular formula is C22H22N2O6. The van der Waals surface area contributed by atoms with Crippen molar-refractivity contribution in [3.63, 3.8) is 0 Å². The zero-order valence-corrected chi connectivity index (χ0v) is 16.6. The number of ether oxygens (including phenoxy) is 2. The predicted octanol–water partition coefficient (Wildman–Crippen LogP) is 2.73. The summed E-state index contributed by atoms with van der Waals surface area (Å²) >= 11 is 0. The van der Waals surface area contributed by atoms with Crippen molar-refractivity contribution in [1.29, 1.82) is 0 Å². The maximum Gasteiger partial charge on any atom is 0.338 e. The van der Waals surface area contributed by atoms with Crippen LogP contribution in [0.1, 0.15) is 34.5 Å². The molecule has 156 valence electrons. The standard InChI is InChI=1S/C22H22N2O6/c1-3-29-21(27)18-16(12-30-20(26)15-10-9-13(2)17(25)11-15)23-22(28)24-19(18)14-7-5-4-6-8-14/h4-11,19,25H,3,12H2,1-2H3,(H2,23,24,28). The van der Waals surface area contributed by atoms with E-state index in [0.717, 1.165) is 0 Å². The largest absolute Gasteiger partial charge is 0.508 e. The molecule has 0 spiro atoms. The highest BCUT2D eigenvalue weighted by Gasteiger charge is 2.34. The van der Waals surface area contributed by atoms with Crippen LogP contribution in [-0.2, 0) is 14.3 Å². The molecule has 0 aliphatic carbocycles. The van der Waals surface area contributed by atoms with Crippen LogP contribution >= 0.6 is 0 Å². The number of hydrogen-bond donors (Lipinski definition) is 3. The Morgan fingerprint density at radius 3 is 2.47 bits per heavy atom. The minimum atomic E-state index is -0.754. The van der Waals surface area contributed by atoms with E-state index in [1.54, 1.807) is 44.2 Å². The fraction of sp³-hybridized carbons (Fsp3) is 0.227. The number of carbonyl (C=O) groups is 3. The lowest BCUT2D eigenvalue weighted by molar-refractivity contribution is -0.139. The second-order valence-electron chi connectivity index (χ2n) is 6.63. The van der Waals surface area contributed by atoms with Crippen LogP contribution in [0.2, 0.25) is 0 Å². The molecule has 2 aromatic rings. The fourth-order valence-corrected chi connectivity index (χ4v) is 3.03. The second kappa shape index (κ2) is 9.13. The molecule has 3 N–H and O–H groups in total. The van der Waals surface area contributed by atoms with Gasteiger partial charge in [0.15, 0.2) is 0 Å². The maximum absolute atomic E-state index is 12.7. The molecule has 8 heteroatoms. The van der Waals surface area contributed by atoms with Crippen LogP contribution in [0.3, 0.4) is 0 Å². The van der Waals surface area contributed by atoms with Crippen LogP contribution in [0.5, 0.6) is 5.75 Å². The van der Waals surface area contributed by atoms with Crippen LogP contribution in [-0.4, -0.2) is 36.3 Å². The number of rotatable bonds is 6. The van der Waals surface area contributed by atoms with Crippen molar-refractivity contribution in [1.82, 2.24) is 10.6 Å². The minimum Gasteiger partial charge on any atom is -0.508 e. The average molecular weight is 410 g/mol. The first-order valence-electron chi connectivity index (χ1n) is 9.40. The lowest BCUT2D eigenvalue weighted by atomic mass is 9.95. The third-order valence-electron chi connectivity index (χ3n) is 4.57. The van der Waals surface area contributed by atoms with Crippen molar-refractivity contribution in [2.75, 3.05) is 13.2 Å². The van der Waals surface area contributed by atoms with Crippen molar-refractivity contribution >= 4 is 18.0 Å². The van der Waals surface area contributed by atoms with E-state index >= 15 is 0 Å². The van der Waals surface area contributed by atoms with Gasteiger partial charge in [-0.2, -0.15) is 0 Å². The number of phenolic OH excluding ortho intramolecular Hbond substituents is 1. The molecule has 0 aromatic heterocycles. The molecule has 1 aliphatic rings. The maximum atomic E-state index is 12.7. The summed E-state index contributed by atoms with van der Waals surface area (Å²) in [5.41, 5.74) is 1.74. The van der Waals surface area contributed by atoms with E-state index in [0.29, 0.717) is 11.1 Å². The van der Waals surface area contributed by atoms with Crippen molar-refractivity contribution in [2.24, 2.45) is 0 Å². The van der Waals surface area contributed by atoms with Crippen molar-refractivity contribution in [2.45, 2.75) is 19.9 Å². The number of urea groups is 1. The van der Waals surface area contributed by atoms with Crippen molar-refractivity contribution in [3.05, 3.63) is 76.5 Å². The highest BCUT2D eigenvalue weighted by atomic mass is 16.5. The van der Waals surface area contributed by atoms with Gasteiger partial charge in [0.25, 0.3) is 0 Å². The molecule has 1 unspecified atom stereocenters. The van der Waals surface area contributed by atoms with E-state index in [1.807, 2.05) is 6.07 Å². The van der Waals surface area contributed by atoms with Gasteiger partial charge >= 0.3 is 18.0 Å². The molecule has 0 bridgehead atoms. The molecule has 3 rings (SSSR count). The van der Waals surface area contributed by atoms with Crippen LogP contribution in [0.4, 0.5) is 4.79 Å². The van der Waals surface area contributed by atoms with Crippen molar-refractivity contribution in [3.8, 4) is 5.75 Å². The summed E-state index contributed by atoms with van der Waals surface area (Å²) < 4.78 is 10.5. The highest BCUT2D eigenvalue weighted by Crippen LogP contribution is 2.28. The first-order valence-corrected chi connectivity index (χ1v) is 9.40. The number of esters is 2. The quantitative estimate of drug-likeness (QED) is 0.631. The fourth-order valence-electron chi connectivity index (χ4n) is 3.03. The summed E-state index contributed by atoms with van der Waals surface area (Å²) in [4.78, 5) is 37.2. The normalized spacial score (nSPS) is 15.8. The number of aryl methyl sites for hydroxylation is 1. The van der Waals surface area contributed by atoms with Gasteiger partial charge in [0.1, 0.15) is 12.4 Å². The summed E-state index contributed by atoms with van der Waals surface area (Å²) in [5, 5.41) is 15.0. The topological polar surface area (TPSA) is 114 Å². The van der Waals surface area contributed by atoms with E-state index in [4.69, 9.17) is 9.47 Å². The monoisotopic (exact) mass is 410 g/mol. The zero-order chi connectivity index (χ0) is 21.7. The Balaban J connectivity index is 1.90. The third-order valence-corrected chi connectivity index (χ3v) is 4.57. The number of hydrogen-bond acceptors (Lipinski definition) is 6. The second-order valence-corrected chi connectivity index (χ2v) is 6.63. The van der Waals surface area contributed by atoms with Crippen molar-refractivity contribution < 1.29 is 29.0 Å². The molecule has 0 radical (unpaired) electrons. The minimum absolute atomic E-state index is 0.0322. The van der Waals surface area contributed by atoms with Gasteiger partial charge in [0.05, 0.1) is 29.5 Å². The Kier molecular flexibility index (Phi) is 6.36. The summed E-state index contributed by atoms with van der Waals surface area (Å²) in [6, 6.07) is 12.1. The number of phenols is 1. The van der Waals surface area contributed by atoms with Gasteiger partial charge in [0.2, 0.25) is 0 Å². The molecule has 2 aromatic carbocycles. The molecule has 2 amide bonds. The number of benzene rings is 2. The van der Waals surface area contributed by atoms with Crippen LogP contribution in [0.15, 0.2) is 59.8 Å². The van der Waals surface area contributed by atoms with Gasteiger partial charge < -0.3 is 25.2 Å². The van der Waals surface area contributed by atoms with Crippen LogP contribution in [0.25, 0.3) is 0 Å². The highest BCUT2D eigenvalue weighted by molar-refractivity contribution is 5.95. The number of aromatic hydroxyl groups is 1. The number of amides is 2. The predicted molar refractivity (Wildman–Crippen MR) is 108 cm³/mol. The lowest BCUT2D eigenvalue weighted by Gasteiger charge is -2.29. The Morgan fingerprint density at radius 2 is 1.80 bits per heavy atom. The molecule has 0 saturated heterocycles. The van der Waals surface area contributed by atoms with Gasteiger partial charge in [-0.3, -0.25) is 0 Å². The Hall–Kier alpha value is -3.81. The molecule has 1 heterocycles. The zero-order valence-electron chi connectivity index (χ0n) is 16.6. The van der Waals surface area contributed by atoms with Crippen LogP contribution in [0, 0.1) is 6.92 Å². The Labute approximate surface area is 173 Å². The van der Waals surface area contributed by atoms with Gasteiger partial charge in [-0.15, -0.1) is 0 Å².